The SMILES string of the molecule is Cn1nc(CNC(=O)c2cccc3ccccc23)c2ccccc2c1=O. The Morgan fingerprint density at radius 3 is 2.38 bits per heavy atom. The Morgan fingerprint density at radius 2 is 1.58 bits per heavy atom. The zero-order chi connectivity index (χ0) is 18.1. The molecule has 0 saturated carbocycles. The summed E-state index contributed by atoms with van der Waals surface area (Å²) in [6, 6.07) is 20.7. The first-order valence-corrected chi connectivity index (χ1v) is 8.36. The maximum atomic E-state index is 12.7. The first-order valence-electron chi connectivity index (χ1n) is 8.36. The molecule has 0 saturated heterocycles. The minimum atomic E-state index is -0.165. The van der Waals surface area contributed by atoms with Crippen LogP contribution in [0.2, 0.25) is 0 Å². The number of aryl methyl sites for hydroxylation is 1. The fourth-order valence-electron chi connectivity index (χ4n) is 3.19. The molecule has 128 valence electrons. The van der Waals surface area contributed by atoms with Crippen LogP contribution in [0.25, 0.3) is 21.5 Å². The second-order valence-corrected chi connectivity index (χ2v) is 6.13. The molecule has 0 bridgehead atoms. The van der Waals surface area contributed by atoms with Crippen LogP contribution in [0.1, 0.15) is 16.1 Å². The lowest BCUT2D eigenvalue weighted by atomic mass is 10.0. The molecule has 5 heteroatoms. The molecule has 1 heterocycles. The van der Waals surface area contributed by atoms with E-state index in [0.717, 1.165) is 16.2 Å². The molecular formula is C21H17N3O2. The average Bonchev–Trinajstić information content (AvgIpc) is 2.69. The standard InChI is InChI=1S/C21H17N3O2/c1-24-21(26)18-11-5-4-10-16(18)19(23-24)13-22-20(25)17-12-6-8-14-7-2-3-9-15(14)17/h2-12H,13H2,1H3,(H,22,25). The number of rotatable bonds is 3. The van der Waals surface area contributed by atoms with Gasteiger partial charge in [0, 0.05) is 18.0 Å². The average molecular weight is 343 g/mol. The summed E-state index contributed by atoms with van der Waals surface area (Å²) in [6.07, 6.45) is 0. The Kier molecular flexibility index (Phi) is 3.97. The summed E-state index contributed by atoms with van der Waals surface area (Å²) in [7, 11) is 1.62. The van der Waals surface area contributed by atoms with Crippen molar-refractivity contribution in [3.63, 3.8) is 0 Å². The fraction of sp³-hybridized carbons (Fsp3) is 0.0952. The second-order valence-electron chi connectivity index (χ2n) is 6.13. The van der Waals surface area contributed by atoms with Crippen molar-refractivity contribution in [3.05, 3.63) is 88.3 Å². The highest BCUT2D eigenvalue weighted by molar-refractivity contribution is 6.07. The van der Waals surface area contributed by atoms with Crippen LogP contribution in [0, 0.1) is 0 Å². The van der Waals surface area contributed by atoms with Gasteiger partial charge in [0.1, 0.15) is 0 Å². The molecule has 4 rings (SSSR count). The fourth-order valence-corrected chi connectivity index (χ4v) is 3.19. The van der Waals surface area contributed by atoms with Crippen LogP contribution >= 0.6 is 0 Å². The van der Waals surface area contributed by atoms with E-state index in [1.54, 1.807) is 13.1 Å². The molecule has 26 heavy (non-hydrogen) atoms. The van der Waals surface area contributed by atoms with Crippen LogP contribution in [0.4, 0.5) is 0 Å². The van der Waals surface area contributed by atoms with Gasteiger partial charge >= 0.3 is 0 Å². The van der Waals surface area contributed by atoms with Crippen molar-refractivity contribution in [1.29, 1.82) is 0 Å². The summed E-state index contributed by atoms with van der Waals surface area (Å²) >= 11 is 0. The minimum absolute atomic E-state index is 0.148. The number of benzene rings is 3. The van der Waals surface area contributed by atoms with Crippen LogP contribution < -0.4 is 10.9 Å². The quantitative estimate of drug-likeness (QED) is 0.622. The van der Waals surface area contributed by atoms with E-state index >= 15 is 0 Å². The molecule has 0 radical (unpaired) electrons. The van der Waals surface area contributed by atoms with Crippen LogP contribution in [-0.4, -0.2) is 15.7 Å². The molecule has 0 fully saturated rings. The molecule has 0 atom stereocenters. The third-order valence-corrected chi connectivity index (χ3v) is 4.48. The normalized spacial score (nSPS) is 11.0. The van der Waals surface area contributed by atoms with Crippen molar-refractivity contribution in [1.82, 2.24) is 15.1 Å². The highest BCUT2D eigenvalue weighted by Crippen LogP contribution is 2.19. The van der Waals surface area contributed by atoms with E-state index in [4.69, 9.17) is 0 Å². The predicted octanol–water partition coefficient (Wildman–Crippen LogP) is 3.02. The van der Waals surface area contributed by atoms with Gasteiger partial charge in [-0.15, -0.1) is 0 Å². The lowest BCUT2D eigenvalue weighted by Crippen LogP contribution is -2.27. The van der Waals surface area contributed by atoms with Crippen LogP contribution in [0.15, 0.2) is 71.5 Å². The smallest absolute Gasteiger partial charge is 0.274 e. The predicted molar refractivity (Wildman–Crippen MR) is 102 cm³/mol. The lowest BCUT2D eigenvalue weighted by Gasteiger charge is -2.10. The van der Waals surface area contributed by atoms with Gasteiger partial charge < -0.3 is 5.32 Å². The number of fused-ring (bicyclic) bond motifs is 2. The van der Waals surface area contributed by atoms with Crippen LogP contribution in [0.3, 0.4) is 0 Å². The second kappa shape index (κ2) is 6.44. The van der Waals surface area contributed by atoms with Gasteiger partial charge in [-0.25, -0.2) is 4.68 Å². The van der Waals surface area contributed by atoms with Crippen LogP contribution in [-0.2, 0) is 13.6 Å². The van der Waals surface area contributed by atoms with Gasteiger partial charge in [-0.3, -0.25) is 9.59 Å². The molecule has 0 unspecified atom stereocenters. The van der Waals surface area contributed by atoms with Gasteiger partial charge in [-0.05, 0) is 22.9 Å². The van der Waals surface area contributed by atoms with Gasteiger partial charge in [-0.2, -0.15) is 5.10 Å². The first kappa shape index (κ1) is 16.0. The molecule has 0 aliphatic rings. The van der Waals surface area contributed by atoms with Crippen molar-refractivity contribution >= 4 is 27.5 Å². The van der Waals surface area contributed by atoms with E-state index in [2.05, 4.69) is 10.4 Å². The molecule has 4 aromatic rings. The van der Waals surface area contributed by atoms with Crippen molar-refractivity contribution in [2.75, 3.05) is 0 Å². The summed E-state index contributed by atoms with van der Waals surface area (Å²) in [5, 5.41) is 10.5. The number of carbonyl (C=O) groups excluding carboxylic acids is 1. The Labute approximate surface area is 149 Å². The molecule has 3 aromatic carbocycles. The number of hydrogen-bond acceptors (Lipinski definition) is 3. The Balaban J connectivity index is 1.67. The van der Waals surface area contributed by atoms with Gasteiger partial charge in [0.2, 0.25) is 0 Å². The van der Waals surface area contributed by atoms with E-state index in [1.165, 1.54) is 4.68 Å². The van der Waals surface area contributed by atoms with Crippen molar-refractivity contribution in [2.24, 2.45) is 7.05 Å². The Hall–Kier alpha value is -3.47. The maximum absolute atomic E-state index is 12.7. The number of amides is 1. The molecule has 1 N–H and O–H groups in total. The number of nitrogens with zero attached hydrogens (tertiary/aromatic N) is 2. The van der Waals surface area contributed by atoms with Gasteiger partial charge in [0.05, 0.1) is 17.6 Å². The minimum Gasteiger partial charge on any atom is -0.346 e. The van der Waals surface area contributed by atoms with E-state index in [9.17, 15) is 9.59 Å². The van der Waals surface area contributed by atoms with Crippen molar-refractivity contribution < 1.29 is 4.79 Å². The summed E-state index contributed by atoms with van der Waals surface area (Å²) in [6.45, 7) is 0.247. The first-order chi connectivity index (χ1) is 12.6. The van der Waals surface area contributed by atoms with Crippen LogP contribution in [0.5, 0.6) is 0 Å². The van der Waals surface area contributed by atoms with Crippen molar-refractivity contribution in [2.45, 2.75) is 6.54 Å². The third-order valence-electron chi connectivity index (χ3n) is 4.48. The summed E-state index contributed by atoms with van der Waals surface area (Å²) in [5.74, 6) is -0.165. The van der Waals surface area contributed by atoms with E-state index in [0.29, 0.717) is 16.6 Å². The third kappa shape index (κ3) is 2.73. The molecule has 5 nitrogen and oxygen atoms in total. The summed E-state index contributed by atoms with van der Waals surface area (Å²) in [5.41, 5.74) is 1.14. The van der Waals surface area contributed by atoms with Gasteiger partial charge in [-0.1, -0.05) is 54.6 Å². The Bertz CT molecular complexity index is 1190. The molecular weight excluding hydrogens is 326 g/mol. The topological polar surface area (TPSA) is 64.0 Å². The van der Waals surface area contributed by atoms with E-state index in [1.807, 2.05) is 60.7 Å². The van der Waals surface area contributed by atoms with Gasteiger partial charge in [0.25, 0.3) is 11.5 Å². The molecule has 0 aliphatic carbocycles. The van der Waals surface area contributed by atoms with E-state index < -0.39 is 0 Å². The molecule has 0 aliphatic heterocycles. The van der Waals surface area contributed by atoms with Gasteiger partial charge in [0.15, 0.2) is 0 Å². The number of aromatic nitrogens is 2. The number of nitrogens with one attached hydrogen (secondary N) is 1. The zero-order valence-electron chi connectivity index (χ0n) is 14.3. The maximum Gasteiger partial charge on any atom is 0.274 e. The molecule has 0 spiro atoms. The highest BCUT2D eigenvalue weighted by Gasteiger charge is 2.12. The van der Waals surface area contributed by atoms with Crippen molar-refractivity contribution in [3.8, 4) is 0 Å². The monoisotopic (exact) mass is 343 g/mol. The summed E-state index contributed by atoms with van der Waals surface area (Å²) < 4.78 is 1.31. The molecule has 1 aromatic heterocycles. The lowest BCUT2D eigenvalue weighted by molar-refractivity contribution is 0.0952. The highest BCUT2D eigenvalue weighted by atomic mass is 16.1. The largest absolute Gasteiger partial charge is 0.346 e. The molecule has 1 amide bonds. The number of carbonyl (C=O) groups is 1. The number of hydrogen-bond donors (Lipinski definition) is 1. The zero-order valence-corrected chi connectivity index (χ0v) is 14.3. The Morgan fingerprint density at radius 1 is 0.923 bits per heavy atom. The van der Waals surface area contributed by atoms with E-state index in [-0.39, 0.29) is 18.0 Å². The summed E-state index contributed by atoms with van der Waals surface area (Å²) in [4.78, 5) is 24.9.